The lowest BCUT2D eigenvalue weighted by Gasteiger charge is -2.13. The summed E-state index contributed by atoms with van der Waals surface area (Å²) in [6.45, 7) is 4.11. The van der Waals surface area contributed by atoms with Crippen molar-refractivity contribution in [2.75, 3.05) is 0 Å². The molecule has 3 nitrogen and oxygen atoms in total. The Bertz CT molecular complexity index is 575. The maximum atomic E-state index is 6.27. The highest BCUT2D eigenvalue weighted by molar-refractivity contribution is 9.10. The summed E-state index contributed by atoms with van der Waals surface area (Å²) in [5.74, 6) is 0. The van der Waals surface area contributed by atoms with Crippen LogP contribution in [0, 0.1) is 13.8 Å². The summed E-state index contributed by atoms with van der Waals surface area (Å²) in [5, 5.41) is 4.40. The van der Waals surface area contributed by atoms with Gasteiger partial charge >= 0.3 is 0 Å². The molecule has 102 valence electrons. The fraction of sp³-hybridized carbons (Fsp3) is 0.400. The van der Waals surface area contributed by atoms with Crippen LogP contribution in [0.5, 0.6) is 0 Å². The number of halogens is 1. The summed E-state index contributed by atoms with van der Waals surface area (Å²) in [6.07, 6.45) is 1.71. The summed E-state index contributed by atoms with van der Waals surface area (Å²) in [5.41, 5.74) is 11.0. The van der Waals surface area contributed by atoms with Crippen LogP contribution in [0.15, 0.2) is 28.7 Å². The highest BCUT2D eigenvalue weighted by atomic mass is 79.9. The molecule has 1 unspecified atom stereocenters. The third-order valence-corrected chi connectivity index (χ3v) is 4.33. The van der Waals surface area contributed by atoms with E-state index < -0.39 is 0 Å². The lowest BCUT2D eigenvalue weighted by atomic mass is 10.0. The quantitative estimate of drug-likeness (QED) is 0.941. The second-order valence-electron chi connectivity index (χ2n) is 5.13. The number of nitrogens with two attached hydrogens (primary N) is 1. The van der Waals surface area contributed by atoms with Gasteiger partial charge in [0.25, 0.3) is 0 Å². The van der Waals surface area contributed by atoms with Crippen molar-refractivity contribution < 1.29 is 0 Å². The van der Waals surface area contributed by atoms with Gasteiger partial charge in [-0.15, -0.1) is 0 Å². The van der Waals surface area contributed by atoms with Gasteiger partial charge in [0.1, 0.15) is 0 Å². The molecule has 0 amide bonds. The second kappa shape index (κ2) is 5.88. The predicted molar refractivity (Wildman–Crippen MR) is 82.2 cm³/mol. The van der Waals surface area contributed by atoms with Crippen molar-refractivity contribution in [3.05, 3.63) is 51.3 Å². The van der Waals surface area contributed by atoms with Crippen LogP contribution in [0.1, 0.15) is 22.5 Å². The number of hydrogen-bond acceptors (Lipinski definition) is 2. The fourth-order valence-corrected chi connectivity index (χ4v) is 2.86. The van der Waals surface area contributed by atoms with Crippen LogP contribution in [-0.4, -0.2) is 15.8 Å². The number of nitrogens with zero attached hydrogens (tertiary/aromatic N) is 2. The minimum absolute atomic E-state index is 0.105. The molecule has 0 aliphatic heterocycles. The molecule has 0 saturated carbocycles. The Balaban J connectivity index is 2.07. The fourth-order valence-electron chi connectivity index (χ4n) is 2.36. The van der Waals surface area contributed by atoms with E-state index in [0.717, 1.165) is 28.7 Å². The number of rotatable bonds is 4. The number of benzene rings is 1. The van der Waals surface area contributed by atoms with E-state index in [2.05, 4.69) is 52.2 Å². The van der Waals surface area contributed by atoms with E-state index in [0.29, 0.717) is 0 Å². The molecule has 2 N–H and O–H groups in total. The zero-order valence-electron chi connectivity index (χ0n) is 11.7. The molecule has 0 saturated heterocycles. The van der Waals surface area contributed by atoms with Crippen LogP contribution in [0.4, 0.5) is 0 Å². The van der Waals surface area contributed by atoms with E-state index in [9.17, 15) is 0 Å². The molecule has 19 heavy (non-hydrogen) atoms. The van der Waals surface area contributed by atoms with Gasteiger partial charge in [0.15, 0.2) is 0 Å². The molecule has 0 fully saturated rings. The van der Waals surface area contributed by atoms with Crippen LogP contribution < -0.4 is 5.73 Å². The first-order chi connectivity index (χ1) is 8.97. The Kier molecular flexibility index (Phi) is 4.42. The highest BCUT2D eigenvalue weighted by Gasteiger charge is 2.14. The van der Waals surface area contributed by atoms with E-state index in [1.54, 1.807) is 0 Å². The number of aromatic nitrogens is 2. The first kappa shape index (κ1) is 14.3. The molecule has 2 rings (SSSR count). The van der Waals surface area contributed by atoms with E-state index in [4.69, 9.17) is 5.73 Å². The molecule has 0 aliphatic carbocycles. The molecule has 1 aromatic heterocycles. The first-order valence-corrected chi connectivity index (χ1v) is 7.25. The topological polar surface area (TPSA) is 43.8 Å². The van der Waals surface area contributed by atoms with E-state index >= 15 is 0 Å². The maximum absolute atomic E-state index is 6.27. The molecule has 1 atom stereocenters. The molecular formula is C15H20BrN3. The van der Waals surface area contributed by atoms with Crippen molar-refractivity contribution in [2.45, 2.75) is 32.7 Å². The minimum atomic E-state index is 0.105. The van der Waals surface area contributed by atoms with Gasteiger partial charge in [0, 0.05) is 19.5 Å². The van der Waals surface area contributed by atoms with Gasteiger partial charge in [-0.1, -0.05) is 29.8 Å². The molecule has 2 aromatic rings. The Morgan fingerprint density at radius 3 is 2.63 bits per heavy atom. The molecule has 0 spiro atoms. The molecule has 0 radical (unpaired) electrons. The summed E-state index contributed by atoms with van der Waals surface area (Å²) < 4.78 is 2.99. The van der Waals surface area contributed by atoms with Crippen LogP contribution >= 0.6 is 15.9 Å². The predicted octanol–water partition coefficient (Wildman–Crippen LogP) is 2.91. The Morgan fingerprint density at radius 1 is 1.32 bits per heavy atom. The van der Waals surface area contributed by atoms with Crippen LogP contribution in [0.3, 0.4) is 0 Å². The minimum Gasteiger partial charge on any atom is -0.327 e. The van der Waals surface area contributed by atoms with Crippen molar-refractivity contribution in [3.8, 4) is 0 Å². The average Bonchev–Trinajstić information content (AvgIpc) is 2.56. The summed E-state index contributed by atoms with van der Waals surface area (Å²) in [4.78, 5) is 0. The zero-order chi connectivity index (χ0) is 14.0. The Labute approximate surface area is 122 Å². The summed E-state index contributed by atoms with van der Waals surface area (Å²) >= 11 is 3.59. The van der Waals surface area contributed by atoms with Crippen LogP contribution in [0.2, 0.25) is 0 Å². The van der Waals surface area contributed by atoms with Gasteiger partial charge in [-0.2, -0.15) is 5.10 Å². The lowest BCUT2D eigenvalue weighted by molar-refractivity contribution is 0.611. The van der Waals surface area contributed by atoms with Crippen molar-refractivity contribution in [1.82, 2.24) is 9.78 Å². The third kappa shape index (κ3) is 3.45. The SMILES string of the molecule is Cc1cccc(CC(N)Cc2c(Br)c(C)nn2C)c1. The van der Waals surface area contributed by atoms with Gasteiger partial charge < -0.3 is 5.73 Å². The van der Waals surface area contributed by atoms with Gasteiger partial charge in [0.05, 0.1) is 15.9 Å². The molecule has 0 bridgehead atoms. The second-order valence-corrected chi connectivity index (χ2v) is 5.92. The molecule has 0 aliphatic rings. The smallest absolute Gasteiger partial charge is 0.0738 e. The van der Waals surface area contributed by atoms with E-state index in [1.165, 1.54) is 11.1 Å². The van der Waals surface area contributed by atoms with Crippen molar-refractivity contribution in [3.63, 3.8) is 0 Å². The first-order valence-electron chi connectivity index (χ1n) is 6.46. The average molecular weight is 322 g/mol. The summed E-state index contributed by atoms with van der Waals surface area (Å²) in [6, 6.07) is 8.63. The van der Waals surface area contributed by atoms with Crippen molar-refractivity contribution in [1.29, 1.82) is 0 Å². The summed E-state index contributed by atoms with van der Waals surface area (Å²) in [7, 11) is 1.96. The highest BCUT2D eigenvalue weighted by Crippen LogP contribution is 2.21. The van der Waals surface area contributed by atoms with Crippen LogP contribution in [0.25, 0.3) is 0 Å². The molecule has 1 aromatic carbocycles. The Hall–Kier alpha value is -1.13. The van der Waals surface area contributed by atoms with Crippen LogP contribution in [-0.2, 0) is 19.9 Å². The molecular weight excluding hydrogens is 302 g/mol. The largest absolute Gasteiger partial charge is 0.327 e. The van der Waals surface area contributed by atoms with Gasteiger partial charge in [-0.25, -0.2) is 0 Å². The Morgan fingerprint density at radius 2 is 2.05 bits per heavy atom. The monoisotopic (exact) mass is 321 g/mol. The molecule has 1 heterocycles. The van der Waals surface area contributed by atoms with Crippen molar-refractivity contribution >= 4 is 15.9 Å². The van der Waals surface area contributed by atoms with Gasteiger partial charge in [-0.3, -0.25) is 4.68 Å². The normalized spacial score (nSPS) is 12.7. The standard InChI is InChI=1S/C15H20BrN3/c1-10-5-4-6-12(7-10)8-13(17)9-14-15(16)11(2)18-19(14)3/h4-7,13H,8-9,17H2,1-3H3. The zero-order valence-corrected chi connectivity index (χ0v) is 13.2. The third-order valence-electron chi connectivity index (χ3n) is 3.30. The van der Waals surface area contributed by atoms with Gasteiger partial charge in [0.2, 0.25) is 0 Å². The van der Waals surface area contributed by atoms with E-state index in [1.807, 2.05) is 18.7 Å². The van der Waals surface area contributed by atoms with E-state index in [-0.39, 0.29) is 6.04 Å². The number of aryl methyl sites for hydroxylation is 3. The lowest BCUT2D eigenvalue weighted by Crippen LogP contribution is -2.26. The molecule has 4 heteroatoms. The maximum Gasteiger partial charge on any atom is 0.0738 e. The van der Waals surface area contributed by atoms with Gasteiger partial charge in [-0.05, 0) is 41.8 Å². The van der Waals surface area contributed by atoms with Crippen molar-refractivity contribution in [2.24, 2.45) is 12.8 Å². The number of hydrogen-bond donors (Lipinski definition) is 1.